The van der Waals surface area contributed by atoms with Crippen molar-refractivity contribution in [2.45, 2.75) is 6.04 Å². The fourth-order valence-electron chi connectivity index (χ4n) is 3.95. The van der Waals surface area contributed by atoms with Gasteiger partial charge in [-0.2, -0.15) is 0 Å². The van der Waals surface area contributed by atoms with E-state index in [2.05, 4.69) is 9.97 Å². The van der Waals surface area contributed by atoms with Gasteiger partial charge in [-0.15, -0.1) is 0 Å². The van der Waals surface area contributed by atoms with Crippen molar-refractivity contribution in [3.63, 3.8) is 0 Å². The zero-order valence-electron chi connectivity index (χ0n) is 15.8. The molecule has 0 aliphatic carbocycles. The number of pyridine rings is 1. The fraction of sp³-hybridized carbons (Fsp3) is 0.0417. The van der Waals surface area contributed by atoms with E-state index in [4.69, 9.17) is 0 Å². The first-order valence-electron chi connectivity index (χ1n) is 9.49. The molecule has 1 amide bonds. The van der Waals surface area contributed by atoms with Crippen molar-refractivity contribution in [2.75, 3.05) is 4.90 Å². The number of ketones is 1. The number of H-pyrrole nitrogens is 1. The third-order valence-corrected chi connectivity index (χ3v) is 5.32. The number of aliphatic hydroxyl groups is 1. The lowest BCUT2D eigenvalue weighted by Gasteiger charge is -2.25. The molecule has 0 bridgehead atoms. The van der Waals surface area contributed by atoms with Crippen LogP contribution >= 0.6 is 0 Å². The summed E-state index contributed by atoms with van der Waals surface area (Å²) in [5, 5.41) is 12.0. The van der Waals surface area contributed by atoms with Crippen LogP contribution in [0.15, 0.2) is 90.9 Å². The molecule has 0 saturated carbocycles. The zero-order chi connectivity index (χ0) is 20.7. The van der Waals surface area contributed by atoms with Crippen LogP contribution in [0.25, 0.3) is 16.7 Å². The van der Waals surface area contributed by atoms with Gasteiger partial charge in [-0.25, -0.2) is 0 Å². The van der Waals surface area contributed by atoms with E-state index in [9.17, 15) is 14.7 Å². The summed E-state index contributed by atoms with van der Waals surface area (Å²) in [5.41, 5.74) is 2.56. The van der Waals surface area contributed by atoms with Gasteiger partial charge in [-0.1, -0.05) is 42.5 Å². The van der Waals surface area contributed by atoms with Gasteiger partial charge in [0.2, 0.25) is 0 Å². The van der Waals surface area contributed by atoms with Gasteiger partial charge in [0.05, 0.1) is 11.6 Å². The first-order valence-corrected chi connectivity index (χ1v) is 9.49. The minimum absolute atomic E-state index is 0.0432. The molecule has 1 fully saturated rings. The Bertz CT molecular complexity index is 1290. The third-order valence-electron chi connectivity index (χ3n) is 5.32. The summed E-state index contributed by atoms with van der Waals surface area (Å²) in [6, 6.07) is 19.2. The van der Waals surface area contributed by atoms with Crippen LogP contribution in [-0.2, 0) is 9.59 Å². The second kappa shape index (κ2) is 7.00. The van der Waals surface area contributed by atoms with Crippen LogP contribution in [0.4, 0.5) is 5.69 Å². The quantitative estimate of drug-likeness (QED) is 0.309. The number of hydrogen-bond donors (Lipinski definition) is 2. The van der Waals surface area contributed by atoms with E-state index < -0.39 is 17.7 Å². The Labute approximate surface area is 172 Å². The van der Waals surface area contributed by atoms with Gasteiger partial charge in [-0.3, -0.25) is 19.5 Å². The van der Waals surface area contributed by atoms with Crippen molar-refractivity contribution >= 4 is 34.0 Å². The fourth-order valence-corrected chi connectivity index (χ4v) is 3.95. The molecule has 0 radical (unpaired) electrons. The molecular weight excluding hydrogens is 378 g/mol. The largest absolute Gasteiger partial charge is 0.507 e. The number of para-hydroxylation sites is 2. The molecule has 2 N–H and O–H groups in total. The Kier molecular flexibility index (Phi) is 4.17. The van der Waals surface area contributed by atoms with Crippen molar-refractivity contribution < 1.29 is 14.7 Å². The highest BCUT2D eigenvalue weighted by atomic mass is 16.3. The molecule has 3 heterocycles. The Morgan fingerprint density at radius 1 is 0.967 bits per heavy atom. The van der Waals surface area contributed by atoms with Crippen molar-refractivity contribution in [2.24, 2.45) is 0 Å². The molecule has 1 atom stereocenters. The van der Waals surface area contributed by atoms with Crippen LogP contribution < -0.4 is 4.90 Å². The second-order valence-electron chi connectivity index (χ2n) is 7.04. The summed E-state index contributed by atoms with van der Waals surface area (Å²) >= 11 is 0. The highest BCUT2D eigenvalue weighted by Gasteiger charge is 2.47. The van der Waals surface area contributed by atoms with Gasteiger partial charge < -0.3 is 10.1 Å². The molecular formula is C24H17N3O3. The topological polar surface area (TPSA) is 86.3 Å². The van der Waals surface area contributed by atoms with E-state index in [-0.39, 0.29) is 11.3 Å². The van der Waals surface area contributed by atoms with Crippen molar-refractivity contribution in [1.82, 2.24) is 9.97 Å². The predicted octanol–water partition coefficient (Wildman–Crippen LogP) is 4.19. The molecule has 5 rings (SSSR count). The third kappa shape index (κ3) is 2.69. The van der Waals surface area contributed by atoms with Gasteiger partial charge in [0, 0.05) is 40.7 Å². The number of carbonyl (C=O) groups is 2. The molecule has 1 saturated heterocycles. The summed E-state index contributed by atoms with van der Waals surface area (Å²) in [5.74, 6) is -1.62. The van der Waals surface area contributed by atoms with Crippen LogP contribution in [0.2, 0.25) is 0 Å². The number of Topliss-reactive ketones (excluding diaryl/α,β-unsaturated/α-hetero) is 1. The van der Waals surface area contributed by atoms with Gasteiger partial charge in [0.15, 0.2) is 0 Å². The summed E-state index contributed by atoms with van der Waals surface area (Å²) in [4.78, 5) is 34.8. The normalized spacial score (nSPS) is 18.3. The van der Waals surface area contributed by atoms with Gasteiger partial charge in [-0.05, 0) is 29.8 Å². The average Bonchev–Trinajstić information content (AvgIpc) is 3.34. The predicted molar refractivity (Wildman–Crippen MR) is 114 cm³/mol. The number of aromatic nitrogens is 2. The maximum atomic E-state index is 13.1. The van der Waals surface area contributed by atoms with E-state index in [1.165, 1.54) is 4.90 Å². The molecule has 2 aromatic carbocycles. The molecule has 1 aliphatic rings. The molecule has 1 unspecified atom stereocenters. The van der Waals surface area contributed by atoms with Crippen LogP contribution in [-0.4, -0.2) is 26.8 Å². The minimum Gasteiger partial charge on any atom is -0.507 e. The molecule has 146 valence electrons. The number of aromatic amines is 1. The first kappa shape index (κ1) is 17.9. The summed E-state index contributed by atoms with van der Waals surface area (Å²) in [6.45, 7) is 0. The number of fused-ring (bicyclic) bond motifs is 1. The Balaban J connectivity index is 1.76. The Hall–Kier alpha value is -4.19. The van der Waals surface area contributed by atoms with E-state index in [1.54, 1.807) is 55.0 Å². The highest BCUT2D eigenvalue weighted by molar-refractivity contribution is 6.51. The number of hydrogen-bond acceptors (Lipinski definition) is 4. The van der Waals surface area contributed by atoms with Gasteiger partial charge in [0.25, 0.3) is 11.7 Å². The molecule has 6 nitrogen and oxygen atoms in total. The van der Waals surface area contributed by atoms with Gasteiger partial charge >= 0.3 is 0 Å². The number of rotatable bonds is 3. The van der Waals surface area contributed by atoms with Crippen LogP contribution in [0.1, 0.15) is 17.2 Å². The molecule has 0 spiro atoms. The van der Waals surface area contributed by atoms with E-state index >= 15 is 0 Å². The zero-order valence-corrected chi connectivity index (χ0v) is 15.8. The lowest BCUT2D eigenvalue weighted by Crippen LogP contribution is -2.29. The van der Waals surface area contributed by atoms with Crippen molar-refractivity contribution in [3.8, 4) is 0 Å². The van der Waals surface area contributed by atoms with Crippen LogP contribution in [0, 0.1) is 0 Å². The molecule has 2 aromatic heterocycles. The monoisotopic (exact) mass is 395 g/mol. The van der Waals surface area contributed by atoms with Crippen LogP contribution in [0.5, 0.6) is 0 Å². The minimum atomic E-state index is -0.783. The van der Waals surface area contributed by atoms with E-state index in [0.29, 0.717) is 16.8 Å². The van der Waals surface area contributed by atoms with E-state index in [0.717, 1.165) is 10.9 Å². The number of nitrogens with one attached hydrogen (secondary N) is 1. The number of nitrogens with zero attached hydrogens (tertiary/aromatic N) is 2. The summed E-state index contributed by atoms with van der Waals surface area (Å²) in [6.07, 6.45) is 4.88. The summed E-state index contributed by atoms with van der Waals surface area (Å²) in [7, 11) is 0. The van der Waals surface area contributed by atoms with Crippen molar-refractivity contribution in [1.29, 1.82) is 0 Å². The average molecular weight is 395 g/mol. The number of benzene rings is 2. The molecule has 30 heavy (non-hydrogen) atoms. The molecule has 1 aliphatic heterocycles. The summed E-state index contributed by atoms with van der Waals surface area (Å²) < 4.78 is 0. The maximum Gasteiger partial charge on any atom is 0.300 e. The highest BCUT2D eigenvalue weighted by Crippen LogP contribution is 2.42. The number of carbonyl (C=O) groups excluding carboxylic acids is 2. The van der Waals surface area contributed by atoms with Crippen molar-refractivity contribution in [3.05, 3.63) is 102 Å². The lowest BCUT2D eigenvalue weighted by atomic mass is 9.96. The number of anilines is 1. The Morgan fingerprint density at radius 3 is 2.50 bits per heavy atom. The second-order valence-corrected chi connectivity index (χ2v) is 7.04. The number of amides is 1. The molecule has 4 aromatic rings. The maximum absolute atomic E-state index is 13.1. The SMILES string of the molecule is O=C1C(=O)N(c2ccccc2)C(c2cccnc2)/C1=C(/O)c1c[nH]c2ccccc12. The number of aliphatic hydroxyl groups excluding tert-OH is 1. The first-order chi connectivity index (χ1) is 14.7. The Morgan fingerprint density at radius 2 is 1.73 bits per heavy atom. The molecule has 6 heteroatoms. The lowest BCUT2D eigenvalue weighted by molar-refractivity contribution is -0.132. The standard InChI is InChI=1S/C24H17N3O3/c28-22(18-14-26-19-11-5-4-10-17(18)19)20-21(15-7-6-12-25-13-15)27(24(30)23(20)29)16-8-2-1-3-9-16/h1-14,21,26,28H/b22-20-. The van der Waals surface area contributed by atoms with E-state index in [1.807, 2.05) is 30.3 Å². The smallest absolute Gasteiger partial charge is 0.300 e. The van der Waals surface area contributed by atoms with Gasteiger partial charge in [0.1, 0.15) is 5.76 Å². The van der Waals surface area contributed by atoms with Crippen LogP contribution in [0.3, 0.4) is 0 Å².